The van der Waals surface area contributed by atoms with Crippen molar-refractivity contribution in [1.29, 1.82) is 0 Å². The molecule has 0 bridgehead atoms. The van der Waals surface area contributed by atoms with Crippen molar-refractivity contribution in [2.24, 2.45) is 11.7 Å². The van der Waals surface area contributed by atoms with Crippen molar-refractivity contribution in [1.82, 2.24) is 10.1 Å². The minimum atomic E-state index is -0.533. The van der Waals surface area contributed by atoms with Crippen LogP contribution in [0.1, 0.15) is 45.3 Å². The Bertz CT molecular complexity index is 364. The lowest BCUT2D eigenvalue weighted by molar-refractivity contribution is -0.0258. The van der Waals surface area contributed by atoms with Crippen molar-refractivity contribution in [3.63, 3.8) is 0 Å². The van der Waals surface area contributed by atoms with Gasteiger partial charge in [0.2, 0.25) is 5.89 Å². The summed E-state index contributed by atoms with van der Waals surface area (Å²) in [5, 5.41) is 3.91. The van der Waals surface area contributed by atoms with E-state index in [0.717, 1.165) is 25.9 Å². The first kappa shape index (κ1) is 12.5. The summed E-state index contributed by atoms with van der Waals surface area (Å²) in [7, 11) is 0. The van der Waals surface area contributed by atoms with Crippen molar-refractivity contribution in [2.75, 3.05) is 6.61 Å². The minimum absolute atomic E-state index is 0.429. The molecule has 1 aromatic rings. The number of nitrogens with zero attached hydrogens (tertiary/aromatic N) is 2. The monoisotopic (exact) mass is 239 g/mol. The van der Waals surface area contributed by atoms with E-state index in [1.807, 2.05) is 20.8 Å². The third-order valence-electron chi connectivity index (χ3n) is 3.10. The molecule has 96 valence electrons. The van der Waals surface area contributed by atoms with Crippen LogP contribution >= 0.6 is 0 Å². The average Bonchev–Trinajstić information content (AvgIpc) is 2.62. The number of hydrogen-bond acceptors (Lipinski definition) is 5. The van der Waals surface area contributed by atoms with Crippen molar-refractivity contribution in [3.05, 3.63) is 11.7 Å². The Balaban J connectivity index is 1.83. The van der Waals surface area contributed by atoms with Crippen LogP contribution in [-0.2, 0) is 16.7 Å². The largest absolute Gasteiger partial charge is 0.378 e. The topological polar surface area (TPSA) is 74.2 Å². The Kier molecular flexibility index (Phi) is 3.49. The van der Waals surface area contributed by atoms with Gasteiger partial charge in [0.05, 0.1) is 11.6 Å². The quantitative estimate of drug-likeness (QED) is 0.845. The highest BCUT2D eigenvalue weighted by molar-refractivity contribution is 5.00. The second-order valence-corrected chi connectivity index (χ2v) is 5.35. The molecule has 1 fully saturated rings. The van der Waals surface area contributed by atoms with E-state index in [1.54, 1.807) is 0 Å². The van der Waals surface area contributed by atoms with Crippen LogP contribution in [0.25, 0.3) is 0 Å². The Morgan fingerprint density at radius 3 is 2.71 bits per heavy atom. The lowest BCUT2D eigenvalue weighted by Gasteiger charge is -2.33. The van der Waals surface area contributed by atoms with Gasteiger partial charge < -0.3 is 15.0 Å². The third kappa shape index (κ3) is 3.04. The van der Waals surface area contributed by atoms with Gasteiger partial charge in [-0.2, -0.15) is 4.98 Å². The maximum Gasteiger partial charge on any atom is 0.226 e. The van der Waals surface area contributed by atoms with Crippen LogP contribution in [0, 0.1) is 5.92 Å². The van der Waals surface area contributed by atoms with Crippen molar-refractivity contribution in [2.45, 2.75) is 51.7 Å². The normalized spacial score (nSPS) is 24.7. The van der Waals surface area contributed by atoms with Crippen LogP contribution in [0.15, 0.2) is 4.52 Å². The fourth-order valence-corrected chi connectivity index (χ4v) is 2.06. The third-order valence-corrected chi connectivity index (χ3v) is 3.10. The molecule has 2 N–H and O–H groups in total. The summed E-state index contributed by atoms with van der Waals surface area (Å²) in [5.74, 6) is 1.88. The maximum atomic E-state index is 5.90. The molecular formula is C12H21N3O2. The van der Waals surface area contributed by atoms with Crippen LogP contribution in [0.4, 0.5) is 0 Å². The smallest absolute Gasteiger partial charge is 0.226 e. The summed E-state index contributed by atoms with van der Waals surface area (Å²) in [4.78, 5) is 4.33. The summed E-state index contributed by atoms with van der Waals surface area (Å²) in [5.41, 5.74) is 5.37. The molecule has 0 unspecified atom stereocenters. The number of hydrogen-bond donors (Lipinski definition) is 1. The summed E-state index contributed by atoms with van der Waals surface area (Å²) in [6, 6.07) is 0. The van der Waals surface area contributed by atoms with E-state index in [-0.39, 0.29) is 0 Å². The van der Waals surface area contributed by atoms with Gasteiger partial charge in [0.1, 0.15) is 0 Å². The first-order chi connectivity index (χ1) is 7.99. The van der Waals surface area contributed by atoms with Crippen molar-refractivity contribution < 1.29 is 9.26 Å². The van der Waals surface area contributed by atoms with Gasteiger partial charge in [-0.25, -0.2) is 0 Å². The Morgan fingerprint density at radius 2 is 2.18 bits per heavy atom. The van der Waals surface area contributed by atoms with Gasteiger partial charge in [-0.1, -0.05) is 5.16 Å². The van der Waals surface area contributed by atoms with Gasteiger partial charge in [-0.15, -0.1) is 0 Å². The zero-order valence-electron chi connectivity index (χ0n) is 10.8. The lowest BCUT2D eigenvalue weighted by atomic mass is 9.80. The number of nitrogens with two attached hydrogens (primary N) is 1. The van der Waals surface area contributed by atoms with Gasteiger partial charge in [-0.05, 0) is 39.5 Å². The predicted octanol–water partition coefficient (Wildman–Crippen LogP) is 1.62. The SMILES string of the molecule is CCOC1CC(Cc2nc(C(C)(C)N)no2)C1. The highest BCUT2D eigenvalue weighted by Gasteiger charge is 2.31. The molecule has 1 aliphatic rings. The first-order valence-electron chi connectivity index (χ1n) is 6.22. The predicted molar refractivity (Wildman–Crippen MR) is 63.4 cm³/mol. The van der Waals surface area contributed by atoms with E-state index >= 15 is 0 Å². The highest BCUT2D eigenvalue weighted by Crippen LogP contribution is 2.32. The van der Waals surface area contributed by atoms with Crippen LogP contribution in [0.2, 0.25) is 0 Å². The molecule has 0 aliphatic heterocycles. The van der Waals surface area contributed by atoms with Gasteiger partial charge >= 0.3 is 0 Å². The standard InChI is InChI=1S/C12H21N3O2/c1-4-16-9-5-8(6-9)7-10-14-11(15-17-10)12(2,3)13/h8-9H,4-7,13H2,1-3H3. The molecule has 2 rings (SSSR count). The molecule has 1 heterocycles. The number of rotatable bonds is 5. The van der Waals surface area contributed by atoms with Crippen LogP contribution in [0.5, 0.6) is 0 Å². The van der Waals surface area contributed by atoms with Gasteiger partial charge in [0.15, 0.2) is 5.82 Å². The fourth-order valence-electron chi connectivity index (χ4n) is 2.06. The summed E-state index contributed by atoms with van der Waals surface area (Å²) in [6.45, 7) is 6.57. The average molecular weight is 239 g/mol. The van der Waals surface area contributed by atoms with Gasteiger partial charge in [0, 0.05) is 13.0 Å². The fraction of sp³-hybridized carbons (Fsp3) is 0.833. The highest BCUT2D eigenvalue weighted by atomic mass is 16.5. The zero-order valence-corrected chi connectivity index (χ0v) is 10.8. The number of ether oxygens (including phenoxy) is 1. The van der Waals surface area contributed by atoms with E-state index in [0.29, 0.717) is 23.7 Å². The molecule has 0 spiro atoms. The van der Waals surface area contributed by atoms with E-state index in [1.165, 1.54) is 0 Å². The molecule has 5 nitrogen and oxygen atoms in total. The van der Waals surface area contributed by atoms with Crippen LogP contribution in [-0.4, -0.2) is 22.9 Å². The van der Waals surface area contributed by atoms with E-state index < -0.39 is 5.54 Å². The Hall–Kier alpha value is -0.940. The maximum absolute atomic E-state index is 5.90. The molecule has 0 amide bonds. The lowest BCUT2D eigenvalue weighted by Crippen LogP contribution is -2.33. The second-order valence-electron chi connectivity index (χ2n) is 5.35. The molecular weight excluding hydrogens is 218 g/mol. The van der Waals surface area contributed by atoms with Gasteiger partial charge in [-0.3, -0.25) is 0 Å². The molecule has 0 radical (unpaired) electrons. The van der Waals surface area contributed by atoms with E-state index in [4.69, 9.17) is 15.0 Å². The summed E-state index contributed by atoms with van der Waals surface area (Å²) in [6.07, 6.45) is 3.46. The molecule has 1 aromatic heterocycles. The van der Waals surface area contributed by atoms with E-state index in [2.05, 4.69) is 10.1 Å². The van der Waals surface area contributed by atoms with Gasteiger partial charge in [0.25, 0.3) is 0 Å². The summed E-state index contributed by atoms with van der Waals surface area (Å²) < 4.78 is 10.7. The molecule has 5 heteroatoms. The Morgan fingerprint density at radius 1 is 1.47 bits per heavy atom. The molecule has 1 saturated carbocycles. The molecule has 1 aliphatic carbocycles. The first-order valence-corrected chi connectivity index (χ1v) is 6.22. The van der Waals surface area contributed by atoms with Crippen LogP contribution in [0.3, 0.4) is 0 Å². The molecule has 0 aromatic carbocycles. The van der Waals surface area contributed by atoms with Crippen molar-refractivity contribution in [3.8, 4) is 0 Å². The van der Waals surface area contributed by atoms with Crippen molar-refractivity contribution >= 4 is 0 Å². The van der Waals surface area contributed by atoms with E-state index in [9.17, 15) is 0 Å². The second kappa shape index (κ2) is 4.74. The minimum Gasteiger partial charge on any atom is -0.378 e. The van der Waals surface area contributed by atoms with Crippen LogP contribution < -0.4 is 5.73 Å². The summed E-state index contributed by atoms with van der Waals surface area (Å²) >= 11 is 0. The number of aromatic nitrogens is 2. The Labute approximate surface area is 102 Å². The molecule has 17 heavy (non-hydrogen) atoms. The zero-order chi connectivity index (χ0) is 12.5. The molecule has 0 saturated heterocycles. The molecule has 0 atom stereocenters.